The average molecular weight is 362 g/mol. The fourth-order valence-corrected chi connectivity index (χ4v) is 4.56. The summed E-state index contributed by atoms with van der Waals surface area (Å²) in [6, 6.07) is 6.22. The number of aromatic nitrogens is 3. The van der Waals surface area contributed by atoms with Crippen LogP contribution < -0.4 is 0 Å². The van der Waals surface area contributed by atoms with Crippen LogP contribution in [0, 0.1) is 5.82 Å². The van der Waals surface area contributed by atoms with Crippen LogP contribution >= 0.6 is 11.3 Å². The molecule has 3 aromatic rings. The number of fused-ring (bicyclic) bond motifs is 1. The topological polar surface area (TPSA) is 62.9 Å². The molecule has 0 aliphatic carbocycles. The molecule has 0 unspecified atom stereocenters. The normalized spacial score (nSPS) is 23.2. The van der Waals surface area contributed by atoms with Crippen LogP contribution in [-0.2, 0) is 4.74 Å². The van der Waals surface area contributed by atoms with Crippen molar-refractivity contribution < 1.29 is 14.2 Å². The molecule has 1 aliphatic rings. The number of hydrogen-bond donors (Lipinski definition) is 1. The number of nitrogens with zero attached hydrogens (tertiary/aromatic N) is 4. The van der Waals surface area contributed by atoms with Gasteiger partial charge < -0.3 is 9.84 Å². The van der Waals surface area contributed by atoms with Crippen molar-refractivity contribution in [2.45, 2.75) is 32.1 Å². The van der Waals surface area contributed by atoms with Gasteiger partial charge in [-0.05, 0) is 31.5 Å². The number of benzene rings is 1. The van der Waals surface area contributed by atoms with E-state index in [1.165, 1.54) is 34.3 Å². The number of thiazole rings is 1. The number of halogens is 1. The van der Waals surface area contributed by atoms with Gasteiger partial charge in [-0.1, -0.05) is 23.5 Å². The number of morpholine rings is 1. The number of rotatable bonds is 3. The van der Waals surface area contributed by atoms with Crippen LogP contribution in [0.3, 0.4) is 0 Å². The summed E-state index contributed by atoms with van der Waals surface area (Å²) in [7, 11) is 0. The lowest BCUT2D eigenvalue weighted by atomic mass is 10.0. The summed E-state index contributed by atoms with van der Waals surface area (Å²) in [6.45, 7) is 5.51. The Bertz CT molecular complexity index is 869. The highest BCUT2D eigenvalue weighted by atomic mass is 32.1. The maximum Gasteiger partial charge on any atom is 0.230 e. The van der Waals surface area contributed by atoms with Gasteiger partial charge in [-0.2, -0.15) is 9.61 Å². The largest absolute Gasteiger partial charge is 0.492 e. The summed E-state index contributed by atoms with van der Waals surface area (Å²) < 4.78 is 20.7. The molecule has 8 heteroatoms. The van der Waals surface area contributed by atoms with Crippen molar-refractivity contribution in [3.63, 3.8) is 0 Å². The molecule has 4 rings (SSSR count). The summed E-state index contributed by atoms with van der Waals surface area (Å²) in [5.74, 6) is -0.197. The van der Waals surface area contributed by atoms with Gasteiger partial charge in [-0.25, -0.2) is 9.37 Å². The van der Waals surface area contributed by atoms with Crippen molar-refractivity contribution in [1.29, 1.82) is 0 Å². The minimum absolute atomic E-state index is 0.0796. The molecule has 3 atom stereocenters. The maximum atomic E-state index is 13.4. The van der Waals surface area contributed by atoms with Crippen LogP contribution in [-0.4, -0.2) is 49.9 Å². The van der Waals surface area contributed by atoms with Gasteiger partial charge in [0.25, 0.3) is 0 Å². The van der Waals surface area contributed by atoms with E-state index < -0.39 is 0 Å². The average Bonchev–Trinajstić information content (AvgIpc) is 3.13. The van der Waals surface area contributed by atoms with E-state index in [1.807, 2.05) is 13.8 Å². The van der Waals surface area contributed by atoms with Crippen molar-refractivity contribution in [1.82, 2.24) is 19.5 Å². The second-order valence-corrected chi connectivity index (χ2v) is 7.42. The lowest BCUT2D eigenvalue weighted by Crippen LogP contribution is -2.47. The van der Waals surface area contributed by atoms with E-state index >= 15 is 0 Å². The molecule has 1 aliphatic heterocycles. The van der Waals surface area contributed by atoms with E-state index in [0.717, 1.165) is 23.5 Å². The molecule has 1 fully saturated rings. The Balaban J connectivity index is 1.81. The Morgan fingerprint density at radius 1 is 1.24 bits per heavy atom. The highest BCUT2D eigenvalue weighted by Gasteiger charge is 2.33. The van der Waals surface area contributed by atoms with Crippen LogP contribution in [0.5, 0.6) is 5.88 Å². The van der Waals surface area contributed by atoms with Gasteiger partial charge in [0.15, 0.2) is 0 Å². The predicted octanol–water partition coefficient (Wildman–Crippen LogP) is 2.83. The van der Waals surface area contributed by atoms with Crippen LogP contribution in [0.25, 0.3) is 4.96 Å². The van der Waals surface area contributed by atoms with Crippen LogP contribution in [0.4, 0.5) is 4.39 Å². The van der Waals surface area contributed by atoms with E-state index in [4.69, 9.17) is 4.74 Å². The first-order valence-corrected chi connectivity index (χ1v) is 9.01. The molecular weight excluding hydrogens is 343 g/mol. The van der Waals surface area contributed by atoms with E-state index in [0.29, 0.717) is 4.96 Å². The van der Waals surface area contributed by atoms with Crippen molar-refractivity contribution in [2.24, 2.45) is 0 Å². The molecule has 25 heavy (non-hydrogen) atoms. The maximum absolute atomic E-state index is 13.4. The minimum atomic E-state index is -0.280. The van der Waals surface area contributed by atoms with Gasteiger partial charge in [0.05, 0.1) is 23.1 Å². The Kier molecular flexibility index (Phi) is 4.18. The molecule has 1 aromatic carbocycles. The van der Waals surface area contributed by atoms with Crippen molar-refractivity contribution in [3.8, 4) is 5.88 Å². The molecule has 6 nitrogen and oxygen atoms in total. The van der Waals surface area contributed by atoms with Crippen LogP contribution in [0.15, 0.2) is 30.6 Å². The summed E-state index contributed by atoms with van der Waals surface area (Å²) >= 11 is 1.40. The molecule has 1 saturated heterocycles. The number of ether oxygens (including phenoxy) is 1. The molecule has 0 saturated carbocycles. The third-order valence-corrected chi connectivity index (χ3v) is 5.47. The molecule has 0 amide bonds. The summed E-state index contributed by atoms with van der Waals surface area (Å²) in [5.41, 5.74) is 0.919. The Morgan fingerprint density at radius 2 is 1.92 bits per heavy atom. The molecule has 0 bridgehead atoms. The molecule has 1 N–H and O–H groups in total. The summed E-state index contributed by atoms with van der Waals surface area (Å²) in [5, 5.41) is 14.7. The summed E-state index contributed by atoms with van der Waals surface area (Å²) in [6.07, 6.45) is 1.58. The highest BCUT2D eigenvalue weighted by molar-refractivity contribution is 7.17. The Labute approximate surface area is 148 Å². The van der Waals surface area contributed by atoms with Gasteiger partial charge in [-0.3, -0.25) is 4.90 Å². The first kappa shape index (κ1) is 16.4. The van der Waals surface area contributed by atoms with Gasteiger partial charge in [0, 0.05) is 13.1 Å². The predicted molar refractivity (Wildman–Crippen MR) is 92.4 cm³/mol. The molecule has 0 spiro atoms. The van der Waals surface area contributed by atoms with Crippen molar-refractivity contribution >= 4 is 16.3 Å². The fourth-order valence-electron chi connectivity index (χ4n) is 3.47. The first-order valence-electron chi connectivity index (χ1n) is 8.19. The number of hydrogen-bond acceptors (Lipinski definition) is 6. The fraction of sp³-hybridized carbons (Fsp3) is 0.412. The van der Waals surface area contributed by atoms with Gasteiger partial charge in [0.1, 0.15) is 12.1 Å². The van der Waals surface area contributed by atoms with E-state index in [9.17, 15) is 9.50 Å². The lowest BCUT2D eigenvalue weighted by molar-refractivity contribution is -0.0764. The molecule has 132 valence electrons. The van der Waals surface area contributed by atoms with Gasteiger partial charge in [-0.15, -0.1) is 0 Å². The Morgan fingerprint density at radius 3 is 2.56 bits per heavy atom. The van der Waals surface area contributed by atoms with Crippen LogP contribution in [0.2, 0.25) is 0 Å². The van der Waals surface area contributed by atoms with Crippen LogP contribution in [0.1, 0.15) is 30.3 Å². The second-order valence-electron chi connectivity index (χ2n) is 6.41. The molecule has 0 radical (unpaired) electrons. The van der Waals surface area contributed by atoms with E-state index in [-0.39, 0.29) is 29.9 Å². The monoisotopic (exact) mass is 362 g/mol. The van der Waals surface area contributed by atoms with Crippen molar-refractivity contribution in [3.05, 3.63) is 46.9 Å². The first-order chi connectivity index (χ1) is 12.0. The molecule has 3 heterocycles. The lowest BCUT2D eigenvalue weighted by Gasteiger charge is -2.40. The Hall–Kier alpha value is -2.03. The second kappa shape index (κ2) is 6.36. The zero-order valence-electron chi connectivity index (χ0n) is 14.0. The molecule has 2 aromatic heterocycles. The number of aromatic hydroxyl groups is 1. The molecular formula is C17H19FN4O2S. The summed E-state index contributed by atoms with van der Waals surface area (Å²) in [4.78, 5) is 7.82. The highest BCUT2D eigenvalue weighted by Crippen LogP contribution is 2.40. The van der Waals surface area contributed by atoms with Gasteiger partial charge in [0.2, 0.25) is 10.8 Å². The third kappa shape index (κ3) is 3.01. The zero-order chi connectivity index (χ0) is 17.6. The SMILES string of the molecule is C[C@H]1CN([C@@H](c2ccc(F)cc2)c2sc3ncnn3c2O)C[C@H](C)O1. The van der Waals surface area contributed by atoms with E-state index in [1.54, 1.807) is 12.1 Å². The minimum Gasteiger partial charge on any atom is -0.492 e. The zero-order valence-corrected chi connectivity index (χ0v) is 14.8. The van der Waals surface area contributed by atoms with Crippen molar-refractivity contribution in [2.75, 3.05) is 13.1 Å². The quantitative estimate of drug-likeness (QED) is 0.776. The standard InChI is InChI=1S/C17H19FN4O2S/c1-10-7-21(8-11(2)24-10)14(12-3-5-13(18)6-4-12)15-16(23)22-17(25-15)19-9-20-22/h3-6,9-11,14,23H,7-8H2,1-2H3/t10-,11-,14-/m0/s1. The van der Waals surface area contributed by atoms with Gasteiger partial charge >= 0.3 is 0 Å². The third-order valence-electron chi connectivity index (χ3n) is 4.39. The smallest absolute Gasteiger partial charge is 0.230 e. The van der Waals surface area contributed by atoms with E-state index in [2.05, 4.69) is 15.0 Å².